The van der Waals surface area contributed by atoms with Crippen LogP contribution in [0.1, 0.15) is 67.9 Å². The number of alkyl halides is 3. The van der Waals surface area contributed by atoms with Crippen molar-refractivity contribution in [1.29, 1.82) is 0 Å². The molecule has 2 aromatic carbocycles. The highest BCUT2D eigenvalue weighted by atomic mass is 35.5. The van der Waals surface area contributed by atoms with Gasteiger partial charge in [-0.15, -0.1) is 11.6 Å². The molecule has 0 bridgehead atoms. The average molecular weight is 552 g/mol. The van der Waals surface area contributed by atoms with E-state index in [2.05, 4.69) is 18.5 Å². The Kier molecular flexibility index (Phi) is 9.95. The van der Waals surface area contributed by atoms with E-state index in [0.29, 0.717) is 11.5 Å². The molecule has 1 aromatic heterocycles. The minimum Gasteiger partial charge on any atom is -0.399 e. The van der Waals surface area contributed by atoms with Crippen molar-refractivity contribution in [2.45, 2.75) is 71.1 Å². The van der Waals surface area contributed by atoms with Crippen molar-refractivity contribution in [2.24, 2.45) is 5.73 Å². The summed E-state index contributed by atoms with van der Waals surface area (Å²) in [5, 5.41) is 3.41. The van der Waals surface area contributed by atoms with Gasteiger partial charge in [-0.3, -0.25) is 0 Å². The van der Waals surface area contributed by atoms with Crippen LogP contribution in [0.2, 0.25) is 0 Å². The second-order valence-electron chi connectivity index (χ2n) is 10.0. The molecule has 3 nitrogen and oxygen atoms in total. The van der Waals surface area contributed by atoms with Crippen LogP contribution in [0.15, 0.2) is 73.5 Å². The molecule has 2 aliphatic carbocycles. The van der Waals surface area contributed by atoms with Gasteiger partial charge in [0.15, 0.2) is 0 Å². The van der Waals surface area contributed by atoms with Crippen molar-refractivity contribution < 1.29 is 8.78 Å². The van der Waals surface area contributed by atoms with Crippen molar-refractivity contribution in [3.8, 4) is 11.3 Å². The predicted molar refractivity (Wildman–Crippen MR) is 162 cm³/mol. The zero-order chi connectivity index (χ0) is 28.8. The molecule has 1 saturated carbocycles. The minimum atomic E-state index is -2.64. The summed E-state index contributed by atoms with van der Waals surface area (Å²) in [5.41, 5.74) is 13.3. The number of aromatic nitrogens is 1. The molecule has 0 saturated heterocycles. The van der Waals surface area contributed by atoms with E-state index in [1.165, 1.54) is 0 Å². The van der Waals surface area contributed by atoms with Crippen LogP contribution in [0.3, 0.4) is 0 Å². The molecule has 0 unspecified atom stereocenters. The Morgan fingerprint density at radius 1 is 1.03 bits per heavy atom. The van der Waals surface area contributed by atoms with Crippen LogP contribution < -0.4 is 11.1 Å². The first kappa shape index (κ1) is 30.4. The van der Waals surface area contributed by atoms with Gasteiger partial charge < -0.3 is 11.1 Å². The van der Waals surface area contributed by atoms with E-state index in [4.69, 9.17) is 22.3 Å². The quantitative estimate of drug-likeness (QED) is 0.288. The molecule has 2 aliphatic rings. The van der Waals surface area contributed by atoms with E-state index < -0.39 is 5.92 Å². The van der Waals surface area contributed by atoms with E-state index in [-0.39, 0.29) is 18.3 Å². The van der Waals surface area contributed by atoms with Gasteiger partial charge >= 0.3 is 0 Å². The average Bonchev–Trinajstić information content (AvgIpc) is 3.68. The lowest BCUT2D eigenvalue weighted by molar-refractivity contribution is 0.0130. The number of halogens is 3. The van der Waals surface area contributed by atoms with Gasteiger partial charge in [0.25, 0.3) is 5.92 Å². The second-order valence-corrected chi connectivity index (χ2v) is 10.4. The maximum absolute atomic E-state index is 13.9. The molecule has 0 spiro atoms. The lowest BCUT2D eigenvalue weighted by atomic mass is 9.90. The van der Waals surface area contributed by atoms with Gasteiger partial charge in [-0.2, -0.15) is 0 Å². The highest BCUT2D eigenvalue weighted by molar-refractivity contribution is 6.17. The summed E-state index contributed by atoms with van der Waals surface area (Å²) in [5.74, 6) is -1.14. The Labute approximate surface area is 237 Å². The van der Waals surface area contributed by atoms with E-state index in [9.17, 15) is 8.78 Å². The number of rotatable bonds is 7. The summed E-state index contributed by atoms with van der Waals surface area (Å²) in [6, 6.07) is 17.6. The van der Waals surface area contributed by atoms with Gasteiger partial charge in [0.1, 0.15) is 5.82 Å². The molecule has 1 fully saturated rings. The van der Waals surface area contributed by atoms with Crippen LogP contribution in [0.5, 0.6) is 0 Å². The Morgan fingerprint density at radius 2 is 1.69 bits per heavy atom. The number of nitrogens with zero attached hydrogens (tertiary/aromatic N) is 1. The van der Waals surface area contributed by atoms with Crippen molar-refractivity contribution >= 4 is 23.1 Å². The van der Waals surface area contributed by atoms with Crippen LogP contribution in [-0.2, 0) is 18.3 Å². The third kappa shape index (κ3) is 7.07. The number of aryl methyl sites for hydroxylation is 1. The van der Waals surface area contributed by atoms with Gasteiger partial charge in [-0.1, -0.05) is 76.4 Å². The number of hydrogen-bond acceptors (Lipinski definition) is 3. The molecule has 0 aliphatic heterocycles. The monoisotopic (exact) mass is 551 g/mol. The minimum absolute atomic E-state index is 0.163. The lowest BCUT2D eigenvalue weighted by Crippen LogP contribution is -2.17. The standard InChI is InChI=1S/C28H27F2N3.C3H7Cl.C2H6/c1-17-7-10-25(33-26(17)21-6-4-5-20(13-21)18(2)31)32-19(3)27(11-12-27)24-9-8-22-15-28(29,30)16-23(22)14-24;1-2-3-4;1-2/h4-10,13-14H,2-3,11-12,15-16,31H2,1H3,(H,32,33);2-3H2,1H3;1-2H3. The molecular weight excluding hydrogens is 512 g/mol. The number of nitrogens with two attached hydrogens (primary N) is 1. The predicted octanol–water partition coefficient (Wildman–Crippen LogP) is 9.04. The first-order valence-electron chi connectivity index (χ1n) is 13.6. The Balaban J connectivity index is 0.000000644. The van der Waals surface area contributed by atoms with Crippen LogP contribution in [0.25, 0.3) is 17.0 Å². The molecule has 5 rings (SSSR count). The normalized spacial score (nSPS) is 15.6. The summed E-state index contributed by atoms with van der Waals surface area (Å²) < 4.78 is 27.7. The zero-order valence-corrected chi connectivity index (χ0v) is 24.3. The van der Waals surface area contributed by atoms with E-state index in [0.717, 1.165) is 69.9 Å². The molecule has 6 heteroatoms. The number of nitrogens with one attached hydrogen (secondary N) is 1. The summed E-state index contributed by atoms with van der Waals surface area (Å²) in [6.45, 7) is 16.2. The fourth-order valence-corrected chi connectivity index (χ4v) is 4.80. The first-order valence-corrected chi connectivity index (χ1v) is 14.2. The van der Waals surface area contributed by atoms with E-state index >= 15 is 0 Å². The third-order valence-corrected chi connectivity index (χ3v) is 7.43. The molecule has 0 atom stereocenters. The highest BCUT2D eigenvalue weighted by Crippen LogP contribution is 2.54. The van der Waals surface area contributed by atoms with Crippen LogP contribution in [0.4, 0.5) is 14.6 Å². The largest absolute Gasteiger partial charge is 0.399 e. The summed E-state index contributed by atoms with van der Waals surface area (Å²) in [4.78, 5) is 4.85. The van der Waals surface area contributed by atoms with Crippen LogP contribution in [-0.4, -0.2) is 16.8 Å². The molecular formula is C33H40ClF2N3. The van der Waals surface area contributed by atoms with Crippen molar-refractivity contribution in [2.75, 3.05) is 11.2 Å². The lowest BCUT2D eigenvalue weighted by Gasteiger charge is -2.22. The van der Waals surface area contributed by atoms with Gasteiger partial charge in [0.05, 0.1) is 5.69 Å². The molecule has 39 heavy (non-hydrogen) atoms. The van der Waals surface area contributed by atoms with E-state index in [1.54, 1.807) is 0 Å². The Morgan fingerprint density at radius 3 is 2.31 bits per heavy atom. The number of benzene rings is 2. The fraction of sp³-hybridized carbons (Fsp3) is 0.364. The molecule has 1 heterocycles. The maximum atomic E-state index is 13.9. The molecule has 3 N–H and O–H groups in total. The number of fused-ring (bicyclic) bond motifs is 1. The molecule has 3 aromatic rings. The number of allylic oxidation sites excluding steroid dienone is 1. The Hall–Kier alpha value is -3.18. The fourth-order valence-electron chi connectivity index (χ4n) is 4.80. The number of anilines is 1. The highest BCUT2D eigenvalue weighted by Gasteiger charge is 2.48. The van der Waals surface area contributed by atoms with Crippen LogP contribution >= 0.6 is 11.6 Å². The third-order valence-electron chi connectivity index (χ3n) is 7.06. The molecule has 208 valence electrons. The van der Waals surface area contributed by atoms with Crippen molar-refractivity contribution in [3.05, 3.63) is 101 Å². The number of pyridine rings is 1. The topological polar surface area (TPSA) is 50.9 Å². The zero-order valence-electron chi connectivity index (χ0n) is 23.5. The van der Waals surface area contributed by atoms with Gasteiger partial charge in [0, 0.05) is 41.1 Å². The van der Waals surface area contributed by atoms with Crippen molar-refractivity contribution in [1.82, 2.24) is 4.98 Å². The second kappa shape index (κ2) is 12.8. The van der Waals surface area contributed by atoms with E-state index in [1.807, 2.05) is 82.3 Å². The summed E-state index contributed by atoms with van der Waals surface area (Å²) in [6.07, 6.45) is 2.62. The van der Waals surface area contributed by atoms with Gasteiger partial charge in [-0.25, -0.2) is 13.8 Å². The van der Waals surface area contributed by atoms with Crippen molar-refractivity contribution in [3.63, 3.8) is 0 Å². The van der Waals surface area contributed by atoms with Gasteiger partial charge in [-0.05, 0) is 66.1 Å². The van der Waals surface area contributed by atoms with Crippen LogP contribution in [0, 0.1) is 6.92 Å². The first-order chi connectivity index (χ1) is 18.6. The molecule has 0 radical (unpaired) electrons. The number of hydrogen-bond donors (Lipinski definition) is 2. The smallest absolute Gasteiger partial charge is 0.256 e. The SMILES string of the molecule is C=C(N)c1cccc(-c2nc(NC(=C)C3(c4ccc5c(c4)CC(F)(F)C5)CC3)ccc2C)c1.CC.CCCCl. The maximum Gasteiger partial charge on any atom is 0.256 e. The Bertz CT molecular complexity index is 1330. The summed E-state index contributed by atoms with van der Waals surface area (Å²) in [7, 11) is 0. The summed E-state index contributed by atoms with van der Waals surface area (Å²) >= 11 is 5.19. The molecule has 0 amide bonds. The van der Waals surface area contributed by atoms with Gasteiger partial charge in [0.2, 0.25) is 0 Å².